The van der Waals surface area contributed by atoms with E-state index in [2.05, 4.69) is 20.5 Å². The molecule has 0 saturated carbocycles. The van der Waals surface area contributed by atoms with Crippen LogP contribution in [0.4, 0.5) is 5.95 Å². The van der Waals surface area contributed by atoms with Crippen molar-refractivity contribution in [3.63, 3.8) is 0 Å². The van der Waals surface area contributed by atoms with Gasteiger partial charge in [0.1, 0.15) is 11.6 Å². The van der Waals surface area contributed by atoms with Crippen LogP contribution in [-0.4, -0.2) is 29.4 Å². The molecule has 1 aliphatic rings. The summed E-state index contributed by atoms with van der Waals surface area (Å²) in [6, 6.07) is 27.0. The Morgan fingerprint density at radius 2 is 1.60 bits per heavy atom. The number of nitriles is 1. The zero-order valence-electron chi connectivity index (χ0n) is 18.6. The third kappa shape index (κ3) is 5.01. The van der Waals surface area contributed by atoms with Crippen LogP contribution < -0.4 is 11.0 Å². The molecule has 0 bridgehead atoms. The van der Waals surface area contributed by atoms with Gasteiger partial charge in [-0.15, -0.1) is 0 Å². The lowest BCUT2D eigenvalue weighted by atomic mass is 10.0. The maximum absolute atomic E-state index is 12.3. The van der Waals surface area contributed by atoms with E-state index in [-0.39, 0.29) is 17.8 Å². The Balaban J connectivity index is 1.28. The summed E-state index contributed by atoms with van der Waals surface area (Å²) in [5.41, 5.74) is 7.18. The zero-order chi connectivity index (χ0) is 24.0. The van der Waals surface area contributed by atoms with Crippen LogP contribution >= 0.6 is 0 Å². The number of aromatic nitrogens is 2. The highest BCUT2D eigenvalue weighted by Gasteiger charge is 2.18. The number of aromatic amines is 1. The third-order valence-corrected chi connectivity index (χ3v) is 5.51. The largest absolute Gasteiger partial charge is 0.346 e. The molecule has 1 fully saturated rings. The molecule has 0 radical (unpaired) electrons. The Morgan fingerprint density at radius 1 is 0.943 bits per heavy atom. The number of hydrogen-bond acceptors (Lipinski definition) is 7. The molecule has 8 heteroatoms. The van der Waals surface area contributed by atoms with Gasteiger partial charge in [0, 0.05) is 11.1 Å². The van der Waals surface area contributed by atoms with Gasteiger partial charge in [-0.25, -0.2) is 10.4 Å². The molecule has 0 spiro atoms. The summed E-state index contributed by atoms with van der Waals surface area (Å²) in [5, 5.41) is 13.6. The molecule has 0 unspecified atom stereocenters. The number of H-pyrrole nitrogens is 1. The number of anilines is 1. The number of nitrogens with zero attached hydrogens (tertiary/aromatic N) is 3. The number of hydrazone groups is 1. The van der Waals surface area contributed by atoms with Gasteiger partial charge in [-0.2, -0.15) is 10.4 Å². The molecule has 172 valence electrons. The average Bonchev–Trinajstić information content (AvgIpc) is 3.45. The second kappa shape index (κ2) is 10.1. The molecule has 1 aliphatic heterocycles. The van der Waals surface area contributed by atoms with Crippen LogP contribution in [0.2, 0.25) is 0 Å². The molecule has 4 aromatic rings. The predicted molar refractivity (Wildman–Crippen MR) is 133 cm³/mol. The van der Waals surface area contributed by atoms with E-state index in [1.54, 1.807) is 18.3 Å². The SMILES string of the molecule is N#Cc1c(-c2ccccc2)nc(NN=Cc2ccc(-c3ccc(C4OCCO4)cc3)cc2)[nH]c1=O. The molecular weight excluding hydrogens is 442 g/mol. The van der Waals surface area contributed by atoms with Crippen LogP contribution in [0.15, 0.2) is 88.8 Å². The Kier molecular flexibility index (Phi) is 6.44. The number of nitrogens with one attached hydrogen (secondary N) is 2. The number of rotatable bonds is 6. The number of benzene rings is 3. The second-order valence-corrected chi connectivity index (χ2v) is 7.80. The van der Waals surface area contributed by atoms with Crippen molar-refractivity contribution in [2.45, 2.75) is 6.29 Å². The highest BCUT2D eigenvalue weighted by atomic mass is 16.7. The average molecular weight is 463 g/mol. The van der Waals surface area contributed by atoms with Gasteiger partial charge < -0.3 is 9.47 Å². The Bertz CT molecular complexity index is 1430. The highest BCUT2D eigenvalue weighted by Crippen LogP contribution is 2.26. The van der Waals surface area contributed by atoms with Crippen molar-refractivity contribution in [3.8, 4) is 28.5 Å². The van der Waals surface area contributed by atoms with E-state index in [9.17, 15) is 10.1 Å². The minimum absolute atomic E-state index is 0.0438. The monoisotopic (exact) mass is 463 g/mol. The first-order valence-corrected chi connectivity index (χ1v) is 11.0. The van der Waals surface area contributed by atoms with Crippen molar-refractivity contribution in [2.75, 3.05) is 18.6 Å². The molecule has 2 N–H and O–H groups in total. The topological polar surface area (TPSA) is 112 Å². The maximum atomic E-state index is 12.3. The standard InChI is InChI=1S/C27H21N5O3/c28-16-23-24(21-4-2-1-3-5-21)30-27(31-25(23)33)32-29-17-18-6-8-19(9-7-18)20-10-12-22(13-11-20)26-34-14-15-35-26/h1-13,17,26H,14-15H2,(H2,30,31,32,33). The molecule has 5 rings (SSSR count). The van der Waals surface area contributed by atoms with Crippen LogP contribution in [0.25, 0.3) is 22.4 Å². The van der Waals surface area contributed by atoms with Gasteiger partial charge in [0.15, 0.2) is 6.29 Å². The van der Waals surface area contributed by atoms with Gasteiger partial charge in [0.25, 0.3) is 5.56 Å². The summed E-state index contributed by atoms with van der Waals surface area (Å²) in [6.07, 6.45) is 1.35. The Labute approximate surface area is 201 Å². The second-order valence-electron chi connectivity index (χ2n) is 7.80. The Hall–Kier alpha value is -4.58. The Morgan fingerprint density at radius 3 is 2.26 bits per heavy atom. The first-order valence-electron chi connectivity index (χ1n) is 11.0. The van der Waals surface area contributed by atoms with E-state index in [4.69, 9.17) is 9.47 Å². The first-order chi connectivity index (χ1) is 17.2. The smallest absolute Gasteiger partial charge is 0.270 e. The fourth-order valence-electron chi connectivity index (χ4n) is 3.75. The summed E-state index contributed by atoms with van der Waals surface area (Å²) in [5.74, 6) is 0.149. The van der Waals surface area contributed by atoms with Gasteiger partial charge in [0.2, 0.25) is 5.95 Å². The molecule has 35 heavy (non-hydrogen) atoms. The van der Waals surface area contributed by atoms with Crippen molar-refractivity contribution in [1.82, 2.24) is 9.97 Å². The van der Waals surface area contributed by atoms with Gasteiger partial charge in [-0.05, 0) is 16.7 Å². The minimum atomic E-state index is -0.527. The van der Waals surface area contributed by atoms with Crippen molar-refractivity contribution in [3.05, 3.63) is 106 Å². The molecule has 0 aliphatic carbocycles. The summed E-state index contributed by atoms with van der Waals surface area (Å²) < 4.78 is 11.1. The van der Waals surface area contributed by atoms with Gasteiger partial charge in [-0.3, -0.25) is 9.78 Å². The fourth-order valence-corrected chi connectivity index (χ4v) is 3.75. The molecule has 0 amide bonds. The highest BCUT2D eigenvalue weighted by molar-refractivity contribution is 5.81. The summed E-state index contributed by atoms with van der Waals surface area (Å²) in [7, 11) is 0. The van der Waals surface area contributed by atoms with Crippen LogP contribution in [0, 0.1) is 11.3 Å². The van der Waals surface area contributed by atoms with Crippen LogP contribution in [0.5, 0.6) is 0 Å². The van der Waals surface area contributed by atoms with Crippen molar-refractivity contribution in [1.29, 1.82) is 5.26 Å². The lowest BCUT2D eigenvalue weighted by molar-refractivity contribution is -0.0441. The fraction of sp³-hybridized carbons (Fsp3) is 0.111. The summed E-state index contributed by atoms with van der Waals surface area (Å²) in [4.78, 5) is 19.3. The quantitative estimate of drug-likeness (QED) is 0.322. The third-order valence-electron chi connectivity index (χ3n) is 5.51. The van der Waals surface area contributed by atoms with Crippen molar-refractivity contribution < 1.29 is 9.47 Å². The van der Waals surface area contributed by atoms with Crippen molar-refractivity contribution >= 4 is 12.2 Å². The van der Waals surface area contributed by atoms with E-state index in [0.29, 0.717) is 24.5 Å². The molecule has 1 aromatic heterocycles. The number of hydrogen-bond donors (Lipinski definition) is 2. The van der Waals surface area contributed by atoms with Crippen LogP contribution in [0.1, 0.15) is 23.0 Å². The molecule has 0 atom stereocenters. The lowest BCUT2D eigenvalue weighted by Crippen LogP contribution is -2.16. The molecule has 1 saturated heterocycles. The normalized spacial score (nSPS) is 13.7. The van der Waals surface area contributed by atoms with E-state index in [1.165, 1.54) is 0 Å². The summed E-state index contributed by atoms with van der Waals surface area (Å²) >= 11 is 0. The number of ether oxygens (including phenoxy) is 2. The lowest BCUT2D eigenvalue weighted by Gasteiger charge is -2.10. The van der Waals surface area contributed by atoms with Crippen molar-refractivity contribution in [2.24, 2.45) is 5.10 Å². The van der Waals surface area contributed by atoms with E-state index >= 15 is 0 Å². The summed E-state index contributed by atoms with van der Waals surface area (Å²) in [6.45, 7) is 1.24. The minimum Gasteiger partial charge on any atom is -0.346 e. The van der Waals surface area contributed by atoms with Gasteiger partial charge >= 0.3 is 0 Å². The van der Waals surface area contributed by atoms with Crippen LogP contribution in [-0.2, 0) is 9.47 Å². The van der Waals surface area contributed by atoms with Crippen LogP contribution in [0.3, 0.4) is 0 Å². The van der Waals surface area contributed by atoms with E-state index in [0.717, 1.165) is 22.3 Å². The van der Waals surface area contributed by atoms with Gasteiger partial charge in [0.05, 0.1) is 25.1 Å². The molecule has 3 aromatic carbocycles. The molecular formula is C27H21N5O3. The van der Waals surface area contributed by atoms with E-state index in [1.807, 2.05) is 72.8 Å². The first kappa shape index (κ1) is 22.2. The molecule has 8 nitrogen and oxygen atoms in total. The van der Waals surface area contributed by atoms with Gasteiger partial charge in [-0.1, -0.05) is 78.9 Å². The van der Waals surface area contributed by atoms with E-state index < -0.39 is 5.56 Å². The predicted octanol–water partition coefficient (Wildman–Crippen LogP) is 4.47. The zero-order valence-corrected chi connectivity index (χ0v) is 18.6. The molecule has 2 heterocycles. The maximum Gasteiger partial charge on any atom is 0.270 e.